The molecule has 1 heterocycles. The molecule has 0 amide bonds. The Bertz CT molecular complexity index is 763. The van der Waals surface area contributed by atoms with Crippen molar-refractivity contribution in [3.8, 4) is 16.9 Å². The summed E-state index contributed by atoms with van der Waals surface area (Å²) in [6, 6.07) is 15.3. The van der Waals surface area contributed by atoms with Crippen LogP contribution in [0.1, 0.15) is 0 Å². The topological polar surface area (TPSA) is 29.9 Å². The minimum absolute atomic E-state index is 0.688. The van der Waals surface area contributed by atoms with E-state index in [4.69, 9.17) is 23.2 Å². The lowest BCUT2D eigenvalue weighted by atomic mass is 10.1. The van der Waals surface area contributed by atoms with E-state index in [0.717, 1.165) is 22.6 Å². The van der Waals surface area contributed by atoms with Gasteiger partial charge in [0.05, 0.1) is 17.6 Å². The lowest BCUT2D eigenvalue weighted by Crippen LogP contribution is -2.00. The van der Waals surface area contributed by atoms with Gasteiger partial charge in [-0.3, -0.25) is 0 Å². The van der Waals surface area contributed by atoms with E-state index in [-0.39, 0.29) is 0 Å². The summed E-state index contributed by atoms with van der Waals surface area (Å²) in [5.41, 5.74) is 3.90. The van der Waals surface area contributed by atoms with Gasteiger partial charge in [0.2, 0.25) is 0 Å². The Morgan fingerprint density at radius 1 is 0.952 bits per heavy atom. The number of hydrogen-bond acceptors (Lipinski definition) is 2. The molecule has 3 aromatic rings. The van der Waals surface area contributed by atoms with E-state index in [1.807, 2.05) is 60.3 Å². The Morgan fingerprint density at radius 3 is 2.38 bits per heavy atom. The summed E-state index contributed by atoms with van der Waals surface area (Å²) in [5.74, 6) is 0. The summed E-state index contributed by atoms with van der Waals surface area (Å²) in [6.07, 6.45) is 1.77. The first-order chi connectivity index (χ1) is 10.2. The number of aromatic nitrogens is 2. The van der Waals surface area contributed by atoms with E-state index < -0.39 is 0 Å². The number of nitrogens with zero attached hydrogens (tertiary/aromatic N) is 2. The Morgan fingerprint density at radius 2 is 1.67 bits per heavy atom. The minimum Gasteiger partial charge on any atom is -0.388 e. The van der Waals surface area contributed by atoms with Crippen LogP contribution in [0, 0.1) is 0 Å². The molecule has 0 unspecified atom stereocenters. The molecule has 106 valence electrons. The molecular weight excluding hydrogens is 305 g/mol. The van der Waals surface area contributed by atoms with E-state index >= 15 is 0 Å². The molecule has 0 aliphatic heterocycles. The van der Waals surface area contributed by atoms with Crippen molar-refractivity contribution in [2.75, 3.05) is 12.4 Å². The molecule has 21 heavy (non-hydrogen) atoms. The molecule has 0 radical (unpaired) electrons. The third-order valence-corrected chi connectivity index (χ3v) is 3.73. The molecule has 0 saturated carbocycles. The number of halogens is 2. The summed E-state index contributed by atoms with van der Waals surface area (Å²) in [4.78, 5) is 0. The zero-order valence-electron chi connectivity index (χ0n) is 11.3. The monoisotopic (exact) mass is 317 g/mol. The quantitative estimate of drug-likeness (QED) is 0.745. The number of benzene rings is 2. The van der Waals surface area contributed by atoms with Gasteiger partial charge < -0.3 is 5.32 Å². The van der Waals surface area contributed by atoms with Gasteiger partial charge in [0.1, 0.15) is 0 Å². The van der Waals surface area contributed by atoms with Crippen molar-refractivity contribution >= 4 is 28.9 Å². The van der Waals surface area contributed by atoms with Crippen molar-refractivity contribution in [3.05, 3.63) is 64.8 Å². The third-order valence-electron chi connectivity index (χ3n) is 3.24. The summed E-state index contributed by atoms with van der Waals surface area (Å²) < 4.78 is 1.86. The molecule has 0 aliphatic carbocycles. The summed E-state index contributed by atoms with van der Waals surface area (Å²) >= 11 is 12.1. The molecule has 0 spiro atoms. The molecule has 0 aliphatic rings. The lowest BCUT2D eigenvalue weighted by Gasteiger charge is -2.12. The number of anilines is 1. The highest BCUT2D eigenvalue weighted by Gasteiger charge is 2.11. The zero-order valence-corrected chi connectivity index (χ0v) is 12.9. The fraction of sp³-hybridized carbons (Fsp3) is 0.0625. The Labute approximate surface area is 133 Å². The number of hydrogen-bond donors (Lipinski definition) is 1. The Hall–Kier alpha value is -1.97. The van der Waals surface area contributed by atoms with Gasteiger partial charge in [0.25, 0.3) is 0 Å². The number of rotatable bonds is 3. The maximum atomic E-state index is 6.13. The van der Waals surface area contributed by atoms with Crippen LogP contribution in [0.25, 0.3) is 16.9 Å². The predicted octanol–water partition coefficient (Wildman–Crippen LogP) is 4.89. The normalized spacial score (nSPS) is 10.6. The molecule has 3 nitrogen and oxygen atoms in total. The average molecular weight is 318 g/mol. The van der Waals surface area contributed by atoms with Crippen molar-refractivity contribution in [2.45, 2.75) is 0 Å². The second kappa shape index (κ2) is 5.80. The molecule has 5 heteroatoms. The van der Waals surface area contributed by atoms with E-state index in [2.05, 4.69) is 10.4 Å². The molecule has 1 N–H and O–H groups in total. The van der Waals surface area contributed by atoms with Crippen molar-refractivity contribution in [1.82, 2.24) is 9.78 Å². The maximum absolute atomic E-state index is 6.13. The van der Waals surface area contributed by atoms with Gasteiger partial charge in [-0.25, -0.2) is 4.68 Å². The highest BCUT2D eigenvalue weighted by atomic mass is 35.5. The second-order valence-electron chi connectivity index (χ2n) is 4.54. The third kappa shape index (κ3) is 2.75. The van der Waals surface area contributed by atoms with Crippen LogP contribution < -0.4 is 5.32 Å². The molecule has 0 saturated heterocycles. The zero-order chi connectivity index (χ0) is 14.8. The molecule has 0 bridgehead atoms. The van der Waals surface area contributed by atoms with Crippen molar-refractivity contribution in [1.29, 1.82) is 0 Å². The van der Waals surface area contributed by atoms with Crippen LogP contribution in [0.2, 0.25) is 10.0 Å². The second-order valence-corrected chi connectivity index (χ2v) is 5.42. The first kappa shape index (κ1) is 14.0. The summed E-state index contributed by atoms with van der Waals surface area (Å²) in [7, 11) is 1.88. The van der Waals surface area contributed by atoms with Crippen LogP contribution in [-0.4, -0.2) is 16.8 Å². The van der Waals surface area contributed by atoms with Crippen molar-refractivity contribution < 1.29 is 0 Å². The van der Waals surface area contributed by atoms with Gasteiger partial charge in [0.15, 0.2) is 0 Å². The van der Waals surface area contributed by atoms with Gasteiger partial charge in [-0.1, -0.05) is 23.2 Å². The largest absolute Gasteiger partial charge is 0.388 e. The summed E-state index contributed by atoms with van der Waals surface area (Å²) in [6.45, 7) is 0. The van der Waals surface area contributed by atoms with E-state index in [9.17, 15) is 0 Å². The van der Waals surface area contributed by atoms with Gasteiger partial charge in [-0.05, 0) is 48.5 Å². The van der Waals surface area contributed by atoms with Gasteiger partial charge >= 0.3 is 0 Å². The fourth-order valence-electron chi connectivity index (χ4n) is 2.24. The molecule has 0 fully saturated rings. The lowest BCUT2D eigenvalue weighted by molar-refractivity contribution is 0.888. The Balaban J connectivity index is 2.15. The van der Waals surface area contributed by atoms with Gasteiger partial charge in [0, 0.05) is 28.3 Å². The average Bonchev–Trinajstić information content (AvgIpc) is 2.97. The van der Waals surface area contributed by atoms with E-state index in [0.29, 0.717) is 10.0 Å². The van der Waals surface area contributed by atoms with E-state index in [1.165, 1.54) is 0 Å². The van der Waals surface area contributed by atoms with Crippen LogP contribution in [0.15, 0.2) is 54.7 Å². The SMILES string of the molecule is CNc1ccc(Cl)cc1-c1ccnn1-c1ccc(Cl)cc1. The van der Waals surface area contributed by atoms with Crippen LogP contribution in [0.4, 0.5) is 5.69 Å². The van der Waals surface area contributed by atoms with Crippen molar-refractivity contribution in [3.63, 3.8) is 0 Å². The maximum Gasteiger partial charge on any atom is 0.0762 e. The molecule has 1 aromatic heterocycles. The molecule has 3 rings (SSSR count). The molecule has 2 aromatic carbocycles. The smallest absolute Gasteiger partial charge is 0.0762 e. The fourth-order valence-corrected chi connectivity index (χ4v) is 2.54. The highest BCUT2D eigenvalue weighted by Crippen LogP contribution is 2.32. The number of nitrogens with one attached hydrogen (secondary N) is 1. The van der Waals surface area contributed by atoms with Crippen LogP contribution >= 0.6 is 23.2 Å². The minimum atomic E-state index is 0.688. The van der Waals surface area contributed by atoms with Gasteiger partial charge in [-0.15, -0.1) is 0 Å². The first-order valence-electron chi connectivity index (χ1n) is 6.46. The van der Waals surface area contributed by atoms with Gasteiger partial charge in [-0.2, -0.15) is 5.10 Å². The standard InChI is InChI=1S/C16H13Cl2N3/c1-19-15-7-4-12(18)10-14(15)16-8-9-20-21(16)13-5-2-11(17)3-6-13/h2-10,19H,1H3. The Kier molecular flexibility index (Phi) is 3.86. The van der Waals surface area contributed by atoms with Crippen LogP contribution in [0.5, 0.6) is 0 Å². The molecule has 0 atom stereocenters. The predicted molar refractivity (Wildman–Crippen MR) is 88.6 cm³/mol. The van der Waals surface area contributed by atoms with Crippen molar-refractivity contribution in [2.24, 2.45) is 0 Å². The molecular formula is C16H13Cl2N3. The first-order valence-corrected chi connectivity index (χ1v) is 7.22. The highest BCUT2D eigenvalue weighted by molar-refractivity contribution is 6.31. The summed E-state index contributed by atoms with van der Waals surface area (Å²) in [5, 5.41) is 8.97. The van der Waals surface area contributed by atoms with E-state index in [1.54, 1.807) is 6.20 Å². The van der Waals surface area contributed by atoms with Crippen LogP contribution in [0.3, 0.4) is 0 Å². The van der Waals surface area contributed by atoms with Crippen LogP contribution in [-0.2, 0) is 0 Å².